The number of nitrogens with one attached hydrogen (secondary N) is 1. The maximum absolute atomic E-state index is 12.8. The maximum atomic E-state index is 12.8. The summed E-state index contributed by atoms with van der Waals surface area (Å²) in [6, 6.07) is 11.3. The molecule has 0 bridgehead atoms. The Kier molecular flexibility index (Phi) is 5.35. The van der Waals surface area contributed by atoms with E-state index >= 15 is 0 Å². The van der Waals surface area contributed by atoms with Crippen molar-refractivity contribution >= 4 is 16.9 Å². The Morgan fingerprint density at radius 3 is 2.63 bits per heavy atom. The predicted octanol–water partition coefficient (Wildman–Crippen LogP) is 0.463. The first kappa shape index (κ1) is 18.4. The standard InChI is InChI=1S/C19H20N4O4/c1-22-17-16(14(27-2)9-11-21-17)18(25)23(19(22)26)12-15(24)20-10-8-13-6-4-3-5-7-13/h3-7,9,11H,8,10,12H2,1-2H3,(H,20,24). The van der Waals surface area contributed by atoms with E-state index in [1.807, 2.05) is 30.3 Å². The van der Waals surface area contributed by atoms with Gasteiger partial charge < -0.3 is 10.1 Å². The molecule has 0 spiro atoms. The molecule has 0 saturated carbocycles. The third-order valence-electron chi connectivity index (χ3n) is 4.29. The lowest BCUT2D eigenvalue weighted by Gasteiger charge is -2.12. The lowest BCUT2D eigenvalue weighted by molar-refractivity contribution is -0.121. The third kappa shape index (κ3) is 3.74. The minimum Gasteiger partial charge on any atom is -0.496 e. The van der Waals surface area contributed by atoms with Gasteiger partial charge in [-0.05, 0) is 18.1 Å². The van der Waals surface area contributed by atoms with Gasteiger partial charge in [-0.2, -0.15) is 0 Å². The van der Waals surface area contributed by atoms with E-state index in [9.17, 15) is 14.4 Å². The largest absolute Gasteiger partial charge is 0.496 e. The van der Waals surface area contributed by atoms with Crippen molar-refractivity contribution in [2.24, 2.45) is 7.05 Å². The molecule has 8 heteroatoms. The summed E-state index contributed by atoms with van der Waals surface area (Å²) in [5.74, 6) is -0.105. The Bertz CT molecular complexity index is 1090. The number of ether oxygens (including phenoxy) is 1. The van der Waals surface area contributed by atoms with Crippen LogP contribution in [-0.4, -0.2) is 33.7 Å². The molecule has 0 radical (unpaired) electrons. The molecule has 27 heavy (non-hydrogen) atoms. The molecular weight excluding hydrogens is 348 g/mol. The number of hydrogen-bond donors (Lipinski definition) is 1. The number of carbonyl (C=O) groups excluding carboxylic acids is 1. The van der Waals surface area contributed by atoms with Crippen LogP contribution in [0.4, 0.5) is 0 Å². The van der Waals surface area contributed by atoms with Crippen molar-refractivity contribution in [2.45, 2.75) is 13.0 Å². The van der Waals surface area contributed by atoms with Crippen molar-refractivity contribution < 1.29 is 9.53 Å². The van der Waals surface area contributed by atoms with Gasteiger partial charge in [0.1, 0.15) is 17.7 Å². The summed E-state index contributed by atoms with van der Waals surface area (Å²) in [5, 5.41) is 2.90. The molecule has 0 unspecified atom stereocenters. The summed E-state index contributed by atoms with van der Waals surface area (Å²) < 4.78 is 7.33. The number of benzene rings is 1. The van der Waals surface area contributed by atoms with E-state index in [1.165, 1.54) is 24.9 Å². The predicted molar refractivity (Wildman–Crippen MR) is 101 cm³/mol. The van der Waals surface area contributed by atoms with Crippen molar-refractivity contribution in [1.29, 1.82) is 0 Å². The number of methoxy groups -OCH3 is 1. The van der Waals surface area contributed by atoms with Gasteiger partial charge in [0.2, 0.25) is 5.91 Å². The van der Waals surface area contributed by atoms with Gasteiger partial charge in [-0.25, -0.2) is 14.3 Å². The fourth-order valence-electron chi connectivity index (χ4n) is 2.88. The zero-order valence-corrected chi connectivity index (χ0v) is 15.1. The van der Waals surface area contributed by atoms with Crippen LogP contribution in [0, 0.1) is 0 Å². The van der Waals surface area contributed by atoms with Crippen molar-refractivity contribution in [1.82, 2.24) is 19.4 Å². The van der Waals surface area contributed by atoms with Crippen LogP contribution in [0.2, 0.25) is 0 Å². The number of hydrogen-bond acceptors (Lipinski definition) is 5. The van der Waals surface area contributed by atoms with E-state index in [0.717, 1.165) is 10.1 Å². The molecule has 0 saturated heterocycles. The van der Waals surface area contributed by atoms with Crippen LogP contribution in [0.5, 0.6) is 5.75 Å². The first-order valence-corrected chi connectivity index (χ1v) is 8.46. The average Bonchev–Trinajstić information content (AvgIpc) is 2.69. The molecule has 0 aliphatic rings. The highest BCUT2D eigenvalue weighted by Crippen LogP contribution is 2.18. The van der Waals surface area contributed by atoms with E-state index < -0.39 is 17.2 Å². The van der Waals surface area contributed by atoms with E-state index in [-0.39, 0.29) is 17.6 Å². The molecule has 2 aromatic heterocycles. The van der Waals surface area contributed by atoms with Gasteiger partial charge in [0.05, 0.1) is 7.11 Å². The highest BCUT2D eigenvalue weighted by atomic mass is 16.5. The Labute approximate surface area is 155 Å². The van der Waals surface area contributed by atoms with Crippen LogP contribution in [0.25, 0.3) is 11.0 Å². The second kappa shape index (κ2) is 7.86. The summed E-state index contributed by atoms with van der Waals surface area (Å²) >= 11 is 0. The number of aryl methyl sites for hydroxylation is 1. The second-order valence-electron chi connectivity index (χ2n) is 6.03. The molecule has 0 fully saturated rings. The Balaban J connectivity index is 1.83. The summed E-state index contributed by atoms with van der Waals surface area (Å²) in [4.78, 5) is 41.6. The average molecular weight is 368 g/mol. The molecule has 3 aromatic rings. The fourth-order valence-corrected chi connectivity index (χ4v) is 2.88. The van der Waals surface area contributed by atoms with Gasteiger partial charge in [0.25, 0.3) is 5.56 Å². The lowest BCUT2D eigenvalue weighted by atomic mass is 10.1. The second-order valence-corrected chi connectivity index (χ2v) is 6.03. The normalized spacial score (nSPS) is 10.7. The Morgan fingerprint density at radius 2 is 1.93 bits per heavy atom. The zero-order valence-electron chi connectivity index (χ0n) is 15.1. The number of pyridine rings is 1. The number of fused-ring (bicyclic) bond motifs is 1. The van der Waals surface area contributed by atoms with Crippen molar-refractivity contribution in [3.63, 3.8) is 0 Å². The van der Waals surface area contributed by atoms with E-state index in [2.05, 4.69) is 10.3 Å². The first-order chi connectivity index (χ1) is 13.0. The van der Waals surface area contributed by atoms with Crippen molar-refractivity contribution in [2.75, 3.05) is 13.7 Å². The van der Waals surface area contributed by atoms with Crippen molar-refractivity contribution in [3.8, 4) is 5.75 Å². The van der Waals surface area contributed by atoms with Crippen LogP contribution in [0.3, 0.4) is 0 Å². The monoisotopic (exact) mass is 368 g/mol. The van der Waals surface area contributed by atoms with E-state index in [4.69, 9.17) is 4.74 Å². The number of nitrogens with zero attached hydrogens (tertiary/aromatic N) is 3. The van der Waals surface area contributed by atoms with Crippen LogP contribution in [0.15, 0.2) is 52.2 Å². The quantitative estimate of drug-likeness (QED) is 0.682. The Morgan fingerprint density at radius 1 is 1.19 bits per heavy atom. The summed E-state index contributed by atoms with van der Waals surface area (Å²) in [5.41, 5.74) is 0.0974. The molecule has 1 amide bonds. The Hall–Kier alpha value is -3.42. The number of amides is 1. The molecule has 1 aromatic carbocycles. The van der Waals surface area contributed by atoms with Gasteiger partial charge in [-0.15, -0.1) is 0 Å². The maximum Gasteiger partial charge on any atom is 0.332 e. The van der Waals surface area contributed by atoms with Crippen LogP contribution in [0.1, 0.15) is 5.56 Å². The minimum absolute atomic E-state index is 0.166. The highest BCUT2D eigenvalue weighted by molar-refractivity contribution is 5.81. The van der Waals surface area contributed by atoms with Gasteiger partial charge in [-0.1, -0.05) is 30.3 Å². The van der Waals surface area contributed by atoms with E-state index in [1.54, 1.807) is 6.07 Å². The first-order valence-electron chi connectivity index (χ1n) is 8.46. The number of carbonyl (C=O) groups is 1. The molecule has 8 nitrogen and oxygen atoms in total. The third-order valence-corrected chi connectivity index (χ3v) is 4.29. The fraction of sp³-hybridized carbons (Fsp3) is 0.263. The molecule has 3 rings (SSSR count). The van der Waals surface area contributed by atoms with Crippen molar-refractivity contribution in [3.05, 3.63) is 69.0 Å². The molecule has 0 aliphatic carbocycles. The van der Waals surface area contributed by atoms with Crippen LogP contribution >= 0.6 is 0 Å². The molecule has 1 N–H and O–H groups in total. The van der Waals surface area contributed by atoms with Gasteiger partial charge in [-0.3, -0.25) is 14.2 Å². The van der Waals surface area contributed by atoms with E-state index in [0.29, 0.717) is 18.7 Å². The molecule has 0 atom stereocenters. The highest BCUT2D eigenvalue weighted by Gasteiger charge is 2.17. The number of rotatable bonds is 6. The molecular formula is C19H20N4O4. The molecule has 2 heterocycles. The SMILES string of the molecule is COc1ccnc2c1c(=O)n(CC(=O)NCCc1ccccc1)c(=O)n2C. The van der Waals surface area contributed by atoms with Gasteiger partial charge in [0, 0.05) is 19.8 Å². The smallest absolute Gasteiger partial charge is 0.332 e. The lowest BCUT2D eigenvalue weighted by Crippen LogP contribution is -2.43. The van der Waals surface area contributed by atoms with Crippen LogP contribution in [-0.2, 0) is 24.8 Å². The zero-order chi connectivity index (χ0) is 19.4. The van der Waals surface area contributed by atoms with Gasteiger partial charge >= 0.3 is 5.69 Å². The summed E-state index contributed by atoms with van der Waals surface area (Å²) in [6.07, 6.45) is 2.12. The minimum atomic E-state index is -0.605. The number of aromatic nitrogens is 3. The molecule has 140 valence electrons. The molecule has 0 aliphatic heterocycles. The van der Waals surface area contributed by atoms with Crippen LogP contribution < -0.4 is 21.3 Å². The summed E-state index contributed by atoms with van der Waals surface area (Å²) in [7, 11) is 2.93. The summed E-state index contributed by atoms with van der Waals surface area (Å²) in [6.45, 7) is 0.0463. The van der Waals surface area contributed by atoms with Gasteiger partial charge in [0.15, 0.2) is 5.65 Å². The topological polar surface area (TPSA) is 95.2 Å².